The molecule has 2 rings (SSSR count). The monoisotopic (exact) mass is 290 g/mol. The zero-order valence-electron chi connectivity index (χ0n) is 11.5. The third-order valence-corrected chi connectivity index (χ3v) is 3.73. The summed E-state index contributed by atoms with van der Waals surface area (Å²) in [5.41, 5.74) is -0.778. The average molecular weight is 290 g/mol. The predicted octanol–water partition coefficient (Wildman–Crippen LogP) is 3.42. The molecule has 112 valence electrons. The van der Waals surface area contributed by atoms with Crippen LogP contribution in [-0.4, -0.2) is 25.2 Å². The quantitative estimate of drug-likeness (QED) is 0.840. The van der Waals surface area contributed by atoms with E-state index in [0.717, 1.165) is 24.6 Å². The number of anilines is 1. The van der Waals surface area contributed by atoms with Crippen LogP contribution in [0.15, 0.2) is 18.2 Å². The topological polar surface area (TPSA) is 15.3 Å². The van der Waals surface area contributed by atoms with Crippen molar-refractivity contribution in [2.75, 3.05) is 18.0 Å². The van der Waals surface area contributed by atoms with Crippen molar-refractivity contribution in [3.63, 3.8) is 0 Å². The van der Waals surface area contributed by atoms with Crippen LogP contribution in [0.2, 0.25) is 0 Å². The van der Waals surface area contributed by atoms with Gasteiger partial charge in [-0.25, -0.2) is 4.39 Å². The molecule has 1 N–H and O–H groups in total. The van der Waals surface area contributed by atoms with Crippen LogP contribution in [0.25, 0.3) is 0 Å². The van der Waals surface area contributed by atoms with Crippen LogP contribution in [0, 0.1) is 5.82 Å². The van der Waals surface area contributed by atoms with Gasteiger partial charge in [0.1, 0.15) is 5.82 Å². The molecule has 2 atom stereocenters. The zero-order valence-corrected chi connectivity index (χ0v) is 11.5. The summed E-state index contributed by atoms with van der Waals surface area (Å²) in [7, 11) is 0. The van der Waals surface area contributed by atoms with Crippen LogP contribution in [0.1, 0.15) is 25.8 Å². The minimum absolute atomic E-state index is 0.0345. The highest BCUT2D eigenvalue weighted by Gasteiger charge is 2.33. The molecule has 0 amide bonds. The number of nitrogens with zero attached hydrogens (tertiary/aromatic N) is 1. The smallest absolute Gasteiger partial charge is 0.364 e. The van der Waals surface area contributed by atoms with Crippen LogP contribution in [0.5, 0.6) is 0 Å². The molecule has 0 radical (unpaired) electrons. The van der Waals surface area contributed by atoms with Crippen LogP contribution in [-0.2, 0) is 6.18 Å². The lowest BCUT2D eigenvalue weighted by Crippen LogP contribution is -2.55. The van der Waals surface area contributed by atoms with Gasteiger partial charge in [-0.15, -0.1) is 0 Å². The van der Waals surface area contributed by atoms with E-state index in [4.69, 9.17) is 0 Å². The molecule has 1 aliphatic heterocycles. The first-order valence-electron chi connectivity index (χ1n) is 6.69. The Balaban J connectivity index is 2.35. The predicted molar refractivity (Wildman–Crippen MR) is 70.3 cm³/mol. The Morgan fingerprint density at radius 2 is 2.05 bits per heavy atom. The molecule has 1 aromatic carbocycles. The van der Waals surface area contributed by atoms with E-state index in [1.807, 2.05) is 13.8 Å². The highest BCUT2D eigenvalue weighted by Crippen LogP contribution is 2.34. The van der Waals surface area contributed by atoms with Gasteiger partial charge in [-0.2, -0.15) is 13.2 Å². The van der Waals surface area contributed by atoms with E-state index in [2.05, 4.69) is 5.32 Å². The van der Waals surface area contributed by atoms with E-state index < -0.39 is 17.6 Å². The maximum absolute atomic E-state index is 13.9. The number of nitrogens with one attached hydrogen (secondary N) is 1. The molecule has 0 bridgehead atoms. The van der Waals surface area contributed by atoms with E-state index in [-0.39, 0.29) is 17.8 Å². The molecule has 20 heavy (non-hydrogen) atoms. The average Bonchev–Trinajstić information content (AvgIpc) is 2.39. The lowest BCUT2D eigenvalue weighted by molar-refractivity contribution is -0.137. The van der Waals surface area contributed by atoms with E-state index in [0.29, 0.717) is 13.1 Å². The Morgan fingerprint density at radius 3 is 2.65 bits per heavy atom. The van der Waals surface area contributed by atoms with Gasteiger partial charge in [0.2, 0.25) is 0 Å². The number of hydrogen-bond acceptors (Lipinski definition) is 2. The van der Waals surface area contributed by atoms with Gasteiger partial charge in [-0.05, 0) is 31.5 Å². The molecule has 2 unspecified atom stereocenters. The highest BCUT2D eigenvalue weighted by atomic mass is 19.4. The third-order valence-electron chi connectivity index (χ3n) is 3.73. The van der Waals surface area contributed by atoms with Gasteiger partial charge in [0.25, 0.3) is 0 Å². The minimum atomic E-state index is -4.45. The summed E-state index contributed by atoms with van der Waals surface area (Å²) in [6.45, 7) is 5.01. The molecule has 6 heteroatoms. The van der Waals surface area contributed by atoms with E-state index in [9.17, 15) is 17.6 Å². The molecule has 0 aliphatic carbocycles. The summed E-state index contributed by atoms with van der Waals surface area (Å²) in [5, 5.41) is 3.30. The molecular weight excluding hydrogens is 272 g/mol. The summed E-state index contributed by atoms with van der Waals surface area (Å²) >= 11 is 0. The lowest BCUT2D eigenvalue weighted by atomic mass is 10.1. The maximum atomic E-state index is 13.9. The van der Waals surface area contributed by atoms with Crippen molar-refractivity contribution in [2.24, 2.45) is 0 Å². The third kappa shape index (κ3) is 3.06. The van der Waals surface area contributed by atoms with Crippen LogP contribution in [0.4, 0.5) is 23.2 Å². The second-order valence-electron chi connectivity index (χ2n) is 5.18. The van der Waals surface area contributed by atoms with E-state index >= 15 is 0 Å². The molecule has 0 spiro atoms. The van der Waals surface area contributed by atoms with Gasteiger partial charge in [-0.1, -0.05) is 6.92 Å². The van der Waals surface area contributed by atoms with Gasteiger partial charge >= 0.3 is 6.18 Å². The SMILES string of the molecule is CCC1CN(c2cc(C(F)(F)F)ccc2F)C(C)CN1. The van der Waals surface area contributed by atoms with Gasteiger partial charge in [0.05, 0.1) is 11.3 Å². The number of alkyl halides is 3. The van der Waals surface area contributed by atoms with Gasteiger partial charge in [-0.3, -0.25) is 0 Å². The first-order valence-corrected chi connectivity index (χ1v) is 6.69. The summed E-state index contributed by atoms with van der Waals surface area (Å²) in [4.78, 5) is 1.72. The fourth-order valence-corrected chi connectivity index (χ4v) is 2.45. The second kappa shape index (κ2) is 5.60. The molecule has 1 fully saturated rings. The molecule has 0 saturated carbocycles. The van der Waals surface area contributed by atoms with Crippen LogP contribution in [0.3, 0.4) is 0 Å². The largest absolute Gasteiger partial charge is 0.416 e. The molecule has 1 aliphatic rings. The van der Waals surface area contributed by atoms with Crippen molar-refractivity contribution in [1.82, 2.24) is 5.32 Å². The van der Waals surface area contributed by atoms with E-state index in [1.54, 1.807) is 4.90 Å². The van der Waals surface area contributed by atoms with Crippen molar-refractivity contribution in [1.29, 1.82) is 0 Å². The van der Waals surface area contributed by atoms with Gasteiger partial charge in [0.15, 0.2) is 0 Å². The normalized spacial score (nSPS) is 24.0. The minimum Gasteiger partial charge on any atom is -0.364 e. The van der Waals surface area contributed by atoms with E-state index in [1.165, 1.54) is 0 Å². The Morgan fingerprint density at radius 1 is 1.35 bits per heavy atom. The van der Waals surface area contributed by atoms with Crippen LogP contribution < -0.4 is 10.2 Å². The second-order valence-corrected chi connectivity index (χ2v) is 5.18. The number of hydrogen-bond donors (Lipinski definition) is 1. The summed E-state index contributed by atoms with van der Waals surface area (Å²) in [5.74, 6) is -0.610. The summed E-state index contributed by atoms with van der Waals surface area (Å²) in [6.07, 6.45) is -3.60. The Bertz CT molecular complexity index is 473. The molecule has 1 heterocycles. The maximum Gasteiger partial charge on any atom is 0.416 e. The molecule has 0 aromatic heterocycles. The molecular formula is C14H18F4N2. The fourth-order valence-electron chi connectivity index (χ4n) is 2.45. The molecule has 1 saturated heterocycles. The summed E-state index contributed by atoms with van der Waals surface area (Å²) < 4.78 is 52.2. The Labute approximate surface area is 115 Å². The number of halogens is 4. The first-order chi connectivity index (χ1) is 9.32. The van der Waals surface area contributed by atoms with Crippen molar-refractivity contribution in [3.8, 4) is 0 Å². The molecule has 1 aromatic rings. The van der Waals surface area contributed by atoms with Crippen molar-refractivity contribution >= 4 is 5.69 Å². The van der Waals surface area contributed by atoms with Gasteiger partial charge < -0.3 is 10.2 Å². The highest BCUT2D eigenvalue weighted by molar-refractivity contribution is 5.52. The van der Waals surface area contributed by atoms with Crippen molar-refractivity contribution in [2.45, 2.75) is 38.5 Å². The zero-order chi connectivity index (χ0) is 14.9. The Kier molecular flexibility index (Phi) is 4.22. The standard InChI is InChI=1S/C14H18F4N2/c1-3-11-8-20(9(2)7-19-11)13-6-10(14(16,17)18)4-5-12(13)15/h4-6,9,11,19H,3,7-8H2,1-2H3. The number of rotatable bonds is 2. The van der Waals surface area contributed by atoms with Crippen molar-refractivity contribution in [3.05, 3.63) is 29.6 Å². The lowest BCUT2D eigenvalue weighted by Gasteiger charge is -2.40. The Hall–Kier alpha value is -1.30. The first kappa shape index (κ1) is 15.1. The fraction of sp³-hybridized carbons (Fsp3) is 0.571. The molecule has 2 nitrogen and oxygen atoms in total. The van der Waals surface area contributed by atoms with Crippen molar-refractivity contribution < 1.29 is 17.6 Å². The number of benzene rings is 1. The summed E-state index contributed by atoms with van der Waals surface area (Å²) in [6, 6.07) is 2.71. The van der Waals surface area contributed by atoms with Crippen LogP contribution >= 0.6 is 0 Å². The van der Waals surface area contributed by atoms with Gasteiger partial charge in [0, 0.05) is 25.2 Å². The number of piperazine rings is 1.